The number of halogens is 4. The van der Waals surface area contributed by atoms with Crippen LogP contribution in [0.25, 0.3) is 0 Å². The van der Waals surface area contributed by atoms with Crippen LogP contribution >= 0.6 is 24.0 Å². The van der Waals surface area contributed by atoms with E-state index >= 15 is 0 Å². The molecular formula is C18H19F3IN3O2. The lowest BCUT2D eigenvalue weighted by Crippen LogP contribution is -2.26. The number of para-hydroxylation sites is 3. The van der Waals surface area contributed by atoms with E-state index < -0.39 is 6.36 Å². The third-order valence-corrected chi connectivity index (χ3v) is 3.94. The van der Waals surface area contributed by atoms with E-state index in [4.69, 9.17) is 10.5 Å². The fourth-order valence-corrected chi connectivity index (χ4v) is 2.78. The lowest BCUT2D eigenvalue weighted by atomic mass is 9.93. The van der Waals surface area contributed by atoms with E-state index in [0.717, 1.165) is 17.7 Å². The molecule has 0 saturated heterocycles. The average Bonchev–Trinajstić information content (AvgIpc) is 2.60. The molecule has 0 aliphatic carbocycles. The van der Waals surface area contributed by atoms with Gasteiger partial charge in [0.15, 0.2) is 11.7 Å². The molecule has 1 heterocycles. The van der Waals surface area contributed by atoms with E-state index in [-0.39, 0.29) is 47.3 Å². The lowest BCUT2D eigenvalue weighted by Gasteiger charge is -2.24. The average molecular weight is 493 g/mol. The molecule has 0 aromatic heterocycles. The Kier molecular flexibility index (Phi) is 7.17. The molecule has 1 aliphatic rings. The van der Waals surface area contributed by atoms with E-state index in [1.54, 1.807) is 6.07 Å². The number of ether oxygens (including phenoxy) is 2. The van der Waals surface area contributed by atoms with Crippen molar-refractivity contribution in [2.45, 2.75) is 18.7 Å². The molecule has 2 aromatic rings. The molecule has 0 radical (unpaired) electrons. The van der Waals surface area contributed by atoms with Gasteiger partial charge in [-0.25, -0.2) is 0 Å². The van der Waals surface area contributed by atoms with Gasteiger partial charge in [-0.1, -0.05) is 30.3 Å². The Labute approximate surface area is 171 Å². The molecule has 146 valence electrons. The highest BCUT2D eigenvalue weighted by Gasteiger charge is 2.32. The van der Waals surface area contributed by atoms with Crippen LogP contribution in [0.1, 0.15) is 17.9 Å². The maximum absolute atomic E-state index is 12.5. The van der Waals surface area contributed by atoms with Crippen molar-refractivity contribution >= 4 is 35.6 Å². The molecular weight excluding hydrogens is 474 g/mol. The van der Waals surface area contributed by atoms with Gasteiger partial charge in [-0.2, -0.15) is 0 Å². The van der Waals surface area contributed by atoms with E-state index in [2.05, 4.69) is 15.0 Å². The van der Waals surface area contributed by atoms with Gasteiger partial charge in [0.25, 0.3) is 0 Å². The summed E-state index contributed by atoms with van der Waals surface area (Å²) in [6.45, 7) is 0.994. The molecule has 0 amide bonds. The van der Waals surface area contributed by atoms with Crippen molar-refractivity contribution in [3.63, 3.8) is 0 Å². The topological polar surface area (TPSA) is 68.9 Å². The third kappa shape index (κ3) is 5.91. The molecule has 0 fully saturated rings. The number of hydrogen-bond acceptors (Lipinski definition) is 3. The Morgan fingerprint density at radius 2 is 1.89 bits per heavy atom. The molecule has 3 N–H and O–H groups in total. The highest BCUT2D eigenvalue weighted by molar-refractivity contribution is 14.0. The quantitative estimate of drug-likeness (QED) is 0.374. The molecule has 3 rings (SSSR count). The molecule has 1 aliphatic heterocycles. The Morgan fingerprint density at radius 3 is 2.67 bits per heavy atom. The normalized spacial score (nSPS) is 16.6. The van der Waals surface area contributed by atoms with Gasteiger partial charge in [-0.3, -0.25) is 4.99 Å². The third-order valence-electron chi connectivity index (χ3n) is 3.94. The smallest absolute Gasteiger partial charge is 0.493 e. The van der Waals surface area contributed by atoms with Crippen LogP contribution < -0.4 is 20.5 Å². The first-order valence-corrected chi connectivity index (χ1v) is 8.06. The SMILES string of the molecule is I.NC(=NCC1CCOc2ccccc21)Nc1ccccc1OC(F)(F)F. The number of nitrogens with zero attached hydrogens (tertiary/aromatic N) is 1. The van der Waals surface area contributed by atoms with Gasteiger partial charge in [0.1, 0.15) is 5.75 Å². The molecule has 5 nitrogen and oxygen atoms in total. The number of alkyl halides is 3. The van der Waals surface area contributed by atoms with Crippen molar-refractivity contribution in [3.05, 3.63) is 54.1 Å². The van der Waals surface area contributed by atoms with Crippen molar-refractivity contribution in [2.75, 3.05) is 18.5 Å². The summed E-state index contributed by atoms with van der Waals surface area (Å²) in [7, 11) is 0. The summed E-state index contributed by atoms with van der Waals surface area (Å²) in [6.07, 6.45) is -3.99. The maximum Gasteiger partial charge on any atom is 0.573 e. The van der Waals surface area contributed by atoms with Crippen LogP contribution in [0.5, 0.6) is 11.5 Å². The first-order valence-electron chi connectivity index (χ1n) is 8.06. The molecule has 0 bridgehead atoms. The summed E-state index contributed by atoms with van der Waals surface area (Å²) >= 11 is 0. The molecule has 9 heteroatoms. The molecule has 0 saturated carbocycles. The van der Waals surface area contributed by atoms with Crippen molar-refractivity contribution in [3.8, 4) is 11.5 Å². The minimum atomic E-state index is -4.78. The Bertz CT molecular complexity index is 799. The van der Waals surface area contributed by atoms with Gasteiger partial charge < -0.3 is 20.5 Å². The minimum Gasteiger partial charge on any atom is -0.493 e. The van der Waals surface area contributed by atoms with Crippen molar-refractivity contribution < 1.29 is 22.6 Å². The Morgan fingerprint density at radius 1 is 1.19 bits per heavy atom. The zero-order chi connectivity index (χ0) is 18.6. The second kappa shape index (κ2) is 9.16. The van der Waals surface area contributed by atoms with E-state index in [9.17, 15) is 13.2 Å². The summed E-state index contributed by atoms with van der Waals surface area (Å²) in [5.41, 5.74) is 6.99. The molecule has 1 unspecified atom stereocenters. The first kappa shape index (κ1) is 21.1. The summed E-state index contributed by atoms with van der Waals surface area (Å²) in [4.78, 5) is 4.27. The number of hydrogen-bond donors (Lipinski definition) is 2. The number of anilines is 1. The van der Waals surface area contributed by atoms with E-state index in [1.165, 1.54) is 18.2 Å². The van der Waals surface area contributed by atoms with Crippen LogP contribution in [0.3, 0.4) is 0 Å². The van der Waals surface area contributed by atoms with Gasteiger partial charge >= 0.3 is 6.36 Å². The molecule has 1 atom stereocenters. The number of guanidine groups is 1. The van der Waals surface area contributed by atoms with Crippen molar-refractivity contribution in [2.24, 2.45) is 10.7 Å². The maximum atomic E-state index is 12.5. The highest BCUT2D eigenvalue weighted by Crippen LogP contribution is 2.33. The Balaban J connectivity index is 0.00000261. The summed E-state index contributed by atoms with van der Waals surface area (Å²) < 4.78 is 47.0. The predicted octanol–water partition coefficient (Wildman–Crippen LogP) is 4.50. The summed E-state index contributed by atoms with van der Waals surface area (Å²) in [6, 6.07) is 13.4. The van der Waals surface area contributed by atoms with Gasteiger partial charge in [-0.05, 0) is 30.2 Å². The fourth-order valence-electron chi connectivity index (χ4n) is 2.78. The van der Waals surface area contributed by atoms with Crippen molar-refractivity contribution in [1.29, 1.82) is 0 Å². The number of nitrogens with two attached hydrogens (primary N) is 1. The van der Waals surface area contributed by atoms with Crippen LogP contribution in [-0.4, -0.2) is 25.5 Å². The Hall–Kier alpha value is -2.17. The van der Waals surface area contributed by atoms with Crippen LogP contribution in [-0.2, 0) is 0 Å². The number of nitrogens with one attached hydrogen (secondary N) is 1. The van der Waals surface area contributed by atoms with E-state index in [0.29, 0.717) is 13.2 Å². The van der Waals surface area contributed by atoms with E-state index in [1.807, 2.05) is 24.3 Å². The summed E-state index contributed by atoms with van der Waals surface area (Å²) in [5, 5.41) is 2.67. The number of benzene rings is 2. The standard InChI is InChI=1S/C18H18F3N3O2.HI/c19-18(20,21)26-16-8-4-2-6-14(16)24-17(22)23-11-12-9-10-25-15-7-3-1-5-13(12)15;/h1-8,12H,9-11H2,(H3,22,23,24);1H. The zero-order valence-corrected chi connectivity index (χ0v) is 16.5. The van der Waals surface area contributed by atoms with Gasteiger partial charge in [0.2, 0.25) is 0 Å². The number of rotatable bonds is 4. The van der Waals surface area contributed by atoms with Crippen LogP contribution in [0, 0.1) is 0 Å². The molecule has 27 heavy (non-hydrogen) atoms. The minimum absolute atomic E-state index is 0. The predicted molar refractivity (Wildman–Crippen MR) is 108 cm³/mol. The monoisotopic (exact) mass is 493 g/mol. The summed E-state index contributed by atoms with van der Waals surface area (Å²) in [5.74, 6) is 0.623. The number of aliphatic imine (C=N–C) groups is 1. The van der Waals surface area contributed by atoms with Gasteiger partial charge in [0.05, 0.1) is 12.3 Å². The van der Waals surface area contributed by atoms with Crippen LogP contribution in [0.2, 0.25) is 0 Å². The van der Waals surface area contributed by atoms with Crippen molar-refractivity contribution in [1.82, 2.24) is 0 Å². The van der Waals surface area contributed by atoms with Gasteiger partial charge in [-0.15, -0.1) is 37.1 Å². The lowest BCUT2D eigenvalue weighted by molar-refractivity contribution is -0.274. The largest absolute Gasteiger partial charge is 0.573 e. The van der Waals surface area contributed by atoms with Gasteiger partial charge in [0, 0.05) is 12.5 Å². The molecule has 2 aromatic carbocycles. The zero-order valence-electron chi connectivity index (χ0n) is 14.2. The molecule has 0 spiro atoms. The highest BCUT2D eigenvalue weighted by atomic mass is 127. The second-order valence-electron chi connectivity index (χ2n) is 5.77. The first-order chi connectivity index (χ1) is 12.4. The fraction of sp³-hybridized carbons (Fsp3) is 0.278. The van der Waals surface area contributed by atoms with Crippen LogP contribution in [0.15, 0.2) is 53.5 Å². The number of fused-ring (bicyclic) bond motifs is 1. The van der Waals surface area contributed by atoms with Crippen LogP contribution in [0.4, 0.5) is 18.9 Å². The second-order valence-corrected chi connectivity index (χ2v) is 5.77.